The van der Waals surface area contributed by atoms with Crippen molar-refractivity contribution < 1.29 is 9.53 Å². The molecule has 0 unspecified atom stereocenters. The number of carbonyl (C=O) groups is 1. The Labute approximate surface area is 143 Å². The van der Waals surface area contributed by atoms with E-state index in [9.17, 15) is 4.79 Å². The summed E-state index contributed by atoms with van der Waals surface area (Å²) in [5, 5.41) is 0.987. The number of ether oxygens (including phenoxy) is 1. The maximum atomic E-state index is 11.3. The lowest BCUT2D eigenvalue weighted by atomic mass is 10.1. The Morgan fingerprint density at radius 2 is 1.76 bits per heavy atom. The lowest BCUT2D eigenvalue weighted by Crippen LogP contribution is -2.34. The van der Waals surface area contributed by atoms with E-state index in [1.807, 2.05) is 4.90 Å². The summed E-state index contributed by atoms with van der Waals surface area (Å²) in [5.74, 6) is 0.802. The highest BCUT2D eigenvalue weighted by Gasteiger charge is 2.21. The van der Waals surface area contributed by atoms with Gasteiger partial charge in [0, 0.05) is 38.1 Å². The van der Waals surface area contributed by atoms with Crippen LogP contribution in [0.5, 0.6) is 5.75 Å². The molecule has 114 valence electrons. The molecule has 1 saturated heterocycles. The van der Waals surface area contributed by atoms with Crippen LogP contribution in [0, 0.1) is 0 Å². The van der Waals surface area contributed by atoms with Crippen molar-refractivity contribution in [3.63, 3.8) is 0 Å². The van der Waals surface area contributed by atoms with Crippen LogP contribution >= 0.6 is 46.4 Å². The number of hydrogen-bond donors (Lipinski definition) is 0. The number of anilines is 1. The van der Waals surface area contributed by atoms with Crippen molar-refractivity contribution in [2.24, 2.45) is 0 Å². The molecule has 0 aliphatic carbocycles. The molecule has 0 saturated carbocycles. The zero-order chi connectivity index (χ0) is 15.4. The van der Waals surface area contributed by atoms with Crippen molar-refractivity contribution in [1.29, 1.82) is 0 Å². The number of carbonyl (C=O) groups excluding carboxylic acids is 1. The van der Waals surface area contributed by atoms with E-state index in [1.165, 1.54) is 6.08 Å². The maximum absolute atomic E-state index is 11.3. The third-order valence-electron chi connectivity index (χ3n) is 3.12. The molecule has 0 amide bonds. The second-order valence-electron chi connectivity index (χ2n) is 4.57. The monoisotopic (exact) mass is 367 g/mol. The van der Waals surface area contributed by atoms with E-state index in [-0.39, 0.29) is 16.9 Å². The van der Waals surface area contributed by atoms with Crippen LogP contribution in [0.4, 0.5) is 5.69 Å². The van der Waals surface area contributed by atoms with Crippen molar-refractivity contribution >= 4 is 57.9 Å². The zero-order valence-corrected chi connectivity index (χ0v) is 14.1. The molecule has 0 spiro atoms. The number of halogens is 4. The third-order valence-corrected chi connectivity index (χ3v) is 4.00. The molecule has 7 heteroatoms. The van der Waals surface area contributed by atoms with E-state index in [1.54, 1.807) is 12.1 Å². The second-order valence-corrected chi connectivity index (χ2v) is 6.39. The molecule has 1 aliphatic rings. The highest BCUT2D eigenvalue weighted by molar-refractivity contribution is 6.55. The molecule has 2 rings (SSSR count). The van der Waals surface area contributed by atoms with Crippen LogP contribution in [0.25, 0.3) is 0 Å². The quantitative estimate of drug-likeness (QED) is 0.759. The number of benzene rings is 1. The predicted octanol–water partition coefficient (Wildman–Crippen LogP) is 4.86. The summed E-state index contributed by atoms with van der Waals surface area (Å²) >= 11 is 23.6. The Morgan fingerprint density at radius 1 is 1.19 bits per heavy atom. The van der Waals surface area contributed by atoms with E-state index in [2.05, 4.69) is 0 Å². The summed E-state index contributed by atoms with van der Waals surface area (Å²) in [4.78, 5) is 13.3. The minimum Gasteiger partial charge on any atom is -0.489 e. The van der Waals surface area contributed by atoms with Crippen molar-refractivity contribution in [3.05, 3.63) is 32.7 Å². The van der Waals surface area contributed by atoms with Crippen LogP contribution in [0.3, 0.4) is 0 Å². The van der Waals surface area contributed by atoms with Gasteiger partial charge < -0.3 is 9.64 Å². The van der Waals surface area contributed by atoms with Gasteiger partial charge in [-0.3, -0.25) is 4.79 Å². The Balaban J connectivity index is 2.13. The highest BCUT2D eigenvalue weighted by atomic mass is 35.5. The lowest BCUT2D eigenvalue weighted by Gasteiger charge is -2.29. The summed E-state index contributed by atoms with van der Waals surface area (Å²) in [6.45, 7) is 1.48. The van der Waals surface area contributed by atoms with Gasteiger partial charge in [-0.15, -0.1) is 0 Å². The van der Waals surface area contributed by atoms with Crippen LogP contribution in [-0.2, 0) is 4.79 Å². The van der Waals surface area contributed by atoms with Crippen molar-refractivity contribution in [1.82, 2.24) is 0 Å². The fraction of sp³-hybridized carbons (Fsp3) is 0.357. The third kappa shape index (κ3) is 4.68. The summed E-state index contributed by atoms with van der Waals surface area (Å²) in [6, 6.07) is 3.38. The maximum Gasteiger partial charge on any atom is 0.136 e. The van der Waals surface area contributed by atoms with E-state index >= 15 is 0 Å². The van der Waals surface area contributed by atoms with Gasteiger partial charge in [-0.25, -0.2) is 0 Å². The topological polar surface area (TPSA) is 29.5 Å². The predicted molar refractivity (Wildman–Crippen MR) is 88.2 cm³/mol. The van der Waals surface area contributed by atoms with Crippen LogP contribution in [-0.4, -0.2) is 25.5 Å². The number of hydrogen-bond acceptors (Lipinski definition) is 3. The number of ketones is 1. The molecule has 0 radical (unpaired) electrons. The van der Waals surface area contributed by atoms with Gasteiger partial charge in [-0.1, -0.05) is 46.4 Å². The molecule has 1 aliphatic heterocycles. The molecular weight excluding hydrogens is 356 g/mol. The average Bonchev–Trinajstić information content (AvgIpc) is 2.40. The van der Waals surface area contributed by atoms with Gasteiger partial charge in [0.15, 0.2) is 0 Å². The molecule has 1 heterocycles. The molecule has 0 bridgehead atoms. The van der Waals surface area contributed by atoms with Gasteiger partial charge in [0.1, 0.15) is 22.6 Å². The number of rotatable bonds is 4. The first kappa shape index (κ1) is 16.8. The van der Waals surface area contributed by atoms with Gasteiger partial charge in [0.2, 0.25) is 0 Å². The minimum absolute atomic E-state index is 0.141. The fourth-order valence-electron chi connectivity index (χ4n) is 2.11. The van der Waals surface area contributed by atoms with Crippen molar-refractivity contribution in [2.45, 2.75) is 12.8 Å². The van der Waals surface area contributed by atoms with Crippen molar-refractivity contribution in [2.75, 3.05) is 24.6 Å². The normalized spacial score (nSPS) is 15.0. The molecule has 1 aromatic carbocycles. The standard InChI is InChI=1S/C14H13Cl4NO2/c15-11-7-10(21-6-3-13(17)18)8-12(16)14(11)19-4-1-9(20)2-5-19/h3,7-8H,1-2,4-6H2. The van der Waals surface area contributed by atoms with Crippen LogP contribution < -0.4 is 9.64 Å². The van der Waals surface area contributed by atoms with Crippen LogP contribution in [0.15, 0.2) is 22.7 Å². The summed E-state index contributed by atoms with van der Waals surface area (Å²) in [5.41, 5.74) is 0.740. The number of Topliss-reactive ketones (excluding diaryl/α,β-unsaturated/α-hetero) is 1. The zero-order valence-electron chi connectivity index (χ0n) is 11.0. The smallest absolute Gasteiger partial charge is 0.136 e. The first-order chi connectivity index (χ1) is 9.97. The lowest BCUT2D eigenvalue weighted by molar-refractivity contribution is -0.119. The SMILES string of the molecule is O=C1CCN(c2c(Cl)cc(OCC=C(Cl)Cl)cc2Cl)CC1. The molecule has 21 heavy (non-hydrogen) atoms. The summed E-state index contributed by atoms with van der Waals surface area (Å²) in [6.07, 6.45) is 2.56. The van der Waals surface area contributed by atoms with Gasteiger partial charge in [0.25, 0.3) is 0 Å². The first-order valence-electron chi connectivity index (χ1n) is 6.37. The van der Waals surface area contributed by atoms with E-state index in [4.69, 9.17) is 51.1 Å². The van der Waals surface area contributed by atoms with Gasteiger partial charge in [0.05, 0.1) is 15.7 Å². The molecule has 0 N–H and O–H groups in total. The van der Waals surface area contributed by atoms with E-state index in [0.29, 0.717) is 41.7 Å². The Morgan fingerprint density at radius 3 is 2.29 bits per heavy atom. The van der Waals surface area contributed by atoms with Crippen molar-refractivity contribution in [3.8, 4) is 5.75 Å². The Kier molecular flexibility index (Phi) is 6.06. The van der Waals surface area contributed by atoms with Gasteiger partial charge in [-0.05, 0) is 6.08 Å². The highest BCUT2D eigenvalue weighted by Crippen LogP contribution is 2.38. The Hall–Kier alpha value is -0.610. The summed E-state index contributed by atoms with van der Waals surface area (Å²) in [7, 11) is 0. The molecule has 0 aromatic heterocycles. The number of nitrogens with zero attached hydrogens (tertiary/aromatic N) is 1. The van der Waals surface area contributed by atoms with Crippen LogP contribution in [0.1, 0.15) is 12.8 Å². The molecular formula is C14H13Cl4NO2. The average molecular weight is 369 g/mol. The Bertz CT molecular complexity index is 537. The van der Waals surface area contributed by atoms with Gasteiger partial charge >= 0.3 is 0 Å². The summed E-state index contributed by atoms with van der Waals surface area (Å²) < 4.78 is 5.59. The van der Waals surface area contributed by atoms with E-state index in [0.717, 1.165) is 5.69 Å². The van der Waals surface area contributed by atoms with E-state index < -0.39 is 0 Å². The number of piperidine rings is 1. The molecule has 3 nitrogen and oxygen atoms in total. The fourth-order valence-corrected chi connectivity index (χ4v) is 2.94. The largest absolute Gasteiger partial charge is 0.489 e. The molecule has 0 atom stereocenters. The second kappa shape index (κ2) is 7.59. The van der Waals surface area contributed by atoms with Gasteiger partial charge in [-0.2, -0.15) is 0 Å². The minimum atomic E-state index is 0.141. The molecule has 1 aromatic rings. The first-order valence-corrected chi connectivity index (χ1v) is 7.88. The molecule has 1 fully saturated rings. The van der Waals surface area contributed by atoms with Crippen LogP contribution in [0.2, 0.25) is 10.0 Å².